The number of anilines is 1. The van der Waals surface area contributed by atoms with E-state index in [-0.39, 0.29) is 12.3 Å². The van der Waals surface area contributed by atoms with Gasteiger partial charge < -0.3 is 9.47 Å². The normalized spacial score (nSPS) is 12.4. The van der Waals surface area contributed by atoms with Gasteiger partial charge in [0, 0.05) is 0 Å². The average Bonchev–Trinajstić information content (AvgIpc) is 3.48. The van der Waals surface area contributed by atoms with Crippen LogP contribution in [0.15, 0.2) is 72.2 Å². The topological polar surface area (TPSA) is 77.4 Å². The smallest absolute Gasteiger partial charge is 0.242 e. The Morgan fingerprint density at radius 2 is 1.87 bits per heavy atom. The lowest BCUT2D eigenvalue weighted by molar-refractivity contribution is -0.119. The van der Waals surface area contributed by atoms with E-state index in [1.165, 1.54) is 0 Å². The SMILES string of the molecule is O=C(Cc1ccc2c(c1)OCCO2)NNc1cn(-c2ccccc2)nc1-c1cccs1. The zero-order valence-corrected chi connectivity index (χ0v) is 17.4. The maximum Gasteiger partial charge on any atom is 0.242 e. The van der Waals surface area contributed by atoms with Crippen LogP contribution in [0.2, 0.25) is 0 Å². The second kappa shape index (κ2) is 8.53. The lowest BCUT2D eigenvalue weighted by Gasteiger charge is -2.18. The van der Waals surface area contributed by atoms with Crippen LogP contribution in [0.4, 0.5) is 5.69 Å². The molecule has 2 aromatic heterocycles. The van der Waals surface area contributed by atoms with Gasteiger partial charge in [-0.15, -0.1) is 11.3 Å². The number of hydrazine groups is 1. The Morgan fingerprint density at radius 1 is 1.03 bits per heavy atom. The lowest BCUT2D eigenvalue weighted by Crippen LogP contribution is -2.30. The van der Waals surface area contributed by atoms with Crippen molar-refractivity contribution in [1.29, 1.82) is 0 Å². The van der Waals surface area contributed by atoms with Crippen LogP contribution in [-0.2, 0) is 11.2 Å². The molecule has 0 spiro atoms. The highest BCUT2D eigenvalue weighted by atomic mass is 32.1. The minimum atomic E-state index is -0.165. The molecule has 0 fully saturated rings. The van der Waals surface area contributed by atoms with Crippen molar-refractivity contribution >= 4 is 22.9 Å². The first-order chi connectivity index (χ1) is 15.3. The number of amides is 1. The number of thiophene rings is 1. The Kier molecular flexibility index (Phi) is 5.28. The highest BCUT2D eigenvalue weighted by molar-refractivity contribution is 7.13. The number of nitrogens with zero attached hydrogens (tertiary/aromatic N) is 2. The number of carbonyl (C=O) groups excluding carboxylic acids is 1. The summed E-state index contributed by atoms with van der Waals surface area (Å²) in [6, 6.07) is 19.4. The van der Waals surface area contributed by atoms with E-state index in [1.54, 1.807) is 16.0 Å². The molecule has 0 saturated heterocycles. The monoisotopic (exact) mass is 432 g/mol. The van der Waals surface area contributed by atoms with E-state index in [9.17, 15) is 4.79 Å². The van der Waals surface area contributed by atoms with Gasteiger partial charge >= 0.3 is 0 Å². The standard InChI is InChI=1S/C23H20N4O3S/c28-22(14-16-8-9-19-20(13-16)30-11-10-29-19)25-24-18-15-27(17-5-2-1-3-6-17)26-23(18)21-7-4-12-31-21/h1-9,12-13,15,24H,10-11,14H2,(H,25,28). The molecule has 2 aromatic carbocycles. The Bertz CT molecular complexity index is 1190. The number of aromatic nitrogens is 2. The van der Waals surface area contributed by atoms with Crippen LogP contribution in [-0.4, -0.2) is 28.9 Å². The number of rotatable bonds is 6. The highest BCUT2D eigenvalue weighted by Crippen LogP contribution is 2.32. The van der Waals surface area contributed by atoms with Crippen molar-refractivity contribution in [3.05, 3.63) is 77.8 Å². The number of hydrogen-bond donors (Lipinski definition) is 2. The molecule has 8 heteroatoms. The number of para-hydroxylation sites is 1. The number of nitrogens with one attached hydrogen (secondary N) is 2. The fraction of sp³-hybridized carbons (Fsp3) is 0.130. The molecular formula is C23H20N4O3S. The van der Waals surface area contributed by atoms with Crippen LogP contribution in [0.1, 0.15) is 5.56 Å². The van der Waals surface area contributed by atoms with Crippen molar-refractivity contribution < 1.29 is 14.3 Å². The first-order valence-electron chi connectivity index (χ1n) is 9.88. The first kappa shape index (κ1) is 19.2. The third-order valence-electron chi connectivity index (χ3n) is 4.80. The molecule has 0 bridgehead atoms. The fourth-order valence-electron chi connectivity index (χ4n) is 3.34. The molecule has 0 saturated carbocycles. The molecule has 0 atom stereocenters. The molecule has 156 valence electrons. The predicted octanol–water partition coefficient (Wildman–Crippen LogP) is 4.06. The molecule has 7 nitrogen and oxygen atoms in total. The highest BCUT2D eigenvalue weighted by Gasteiger charge is 2.16. The van der Waals surface area contributed by atoms with Crippen molar-refractivity contribution in [1.82, 2.24) is 15.2 Å². The van der Waals surface area contributed by atoms with Crippen molar-refractivity contribution in [2.45, 2.75) is 6.42 Å². The van der Waals surface area contributed by atoms with Crippen LogP contribution in [0, 0.1) is 0 Å². The third kappa shape index (κ3) is 4.24. The summed E-state index contributed by atoms with van der Waals surface area (Å²) in [5.41, 5.74) is 9.12. The minimum Gasteiger partial charge on any atom is -0.486 e. The molecule has 4 aromatic rings. The third-order valence-corrected chi connectivity index (χ3v) is 5.67. The number of carbonyl (C=O) groups is 1. The van der Waals surface area contributed by atoms with Gasteiger partial charge in [0.25, 0.3) is 0 Å². The quantitative estimate of drug-likeness (QED) is 0.450. The molecule has 0 unspecified atom stereocenters. The van der Waals surface area contributed by atoms with Crippen molar-refractivity contribution in [3.8, 4) is 27.8 Å². The molecule has 31 heavy (non-hydrogen) atoms. The van der Waals surface area contributed by atoms with Gasteiger partial charge in [0.1, 0.15) is 24.6 Å². The summed E-state index contributed by atoms with van der Waals surface area (Å²) in [6.45, 7) is 1.06. The van der Waals surface area contributed by atoms with Gasteiger partial charge in [-0.25, -0.2) is 4.68 Å². The van der Waals surface area contributed by atoms with Gasteiger partial charge in [0.2, 0.25) is 5.91 Å². The molecule has 3 heterocycles. The second-order valence-electron chi connectivity index (χ2n) is 6.98. The van der Waals surface area contributed by atoms with Gasteiger partial charge in [-0.2, -0.15) is 5.10 Å². The van der Waals surface area contributed by atoms with Crippen molar-refractivity contribution in [3.63, 3.8) is 0 Å². The van der Waals surface area contributed by atoms with E-state index < -0.39 is 0 Å². The minimum absolute atomic E-state index is 0.165. The number of fused-ring (bicyclic) bond motifs is 1. The van der Waals surface area contributed by atoms with E-state index >= 15 is 0 Å². The van der Waals surface area contributed by atoms with Crippen LogP contribution in [0.25, 0.3) is 16.3 Å². The zero-order valence-electron chi connectivity index (χ0n) is 16.6. The predicted molar refractivity (Wildman–Crippen MR) is 120 cm³/mol. The summed E-state index contributed by atoms with van der Waals surface area (Å²) in [7, 11) is 0. The van der Waals surface area contributed by atoms with Gasteiger partial charge in [-0.1, -0.05) is 30.3 Å². The Balaban J connectivity index is 1.31. The molecule has 2 N–H and O–H groups in total. The van der Waals surface area contributed by atoms with E-state index in [0.717, 1.165) is 27.5 Å². The average molecular weight is 433 g/mol. The number of hydrogen-bond acceptors (Lipinski definition) is 6. The van der Waals surface area contributed by atoms with Crippen LogP contribution in [0.5, 0.6) is 11.5 Å². The summed E-state index contributed by atoms with van der Waals surface area (Å²) in [4.78, 5) is 13.6. The Labute approximate surface area is 183 Å². The number of benzene rings is 2. The molecule has 5 rings (SSSR count). The summed E-state index contributed by atoms with van der Waals surface area (Å²) < 4.78 is 12.9. The maximum atomic E-state index is 12.6. The van der Waals surface area contributed by atoms with Gasteiger partial charge in [0.15, 0.2) is 11.5 Å². The summed E-state index contributed by atoms with van der Waals surface area (Å²) in [5, 5.41) is 6.72. The summed E-state index contributed by atoms with van der Waals surface area (Å²) in [6.07, 6.45) is 2.08. The van der Waals surface area contributed by atoms with E-state index in [1.807, 2.05) is 72.2 Å². The second-order valence-corrected chi connectivity index (χ2v) is 7.92. The van der Waals surface area contributed by atoms with E-state index in [2.05, 4.69) is 10.9 Å². The zero-order chi connectivity index (χ0) is 21.0. The first-order valence-corrected chi connectivity index (χ1v) is 10.8. The summed E-state index contributed by atoms with van der Waals surface area (Å²) >= 11 is 1.59. The summed E-state index contributed by atoms with van der Waals surface area (Å²) in [5.74, 6) is 1.22. The van der Waals surface area contributed by atoms with Crippen LogP contribution >= 0.6 is 11.3 Å². The number of ether oxygens (including phenoxy) is 2. The molecule has 0 radical (unpaired) electrons. The fourth-order valence-corrected chi connectivity index (χ4v) is 4.06. The van der Waals surface area contributed by atoms with Crippen molar-refractivity contribution in [2.24, 2.45) is 0 Å². The van der Waals surface area contributed by atoms with Crippen LogP contribution < -0.4 is 20.3 Å². The molecule has 1 aliphatic heterocycles. The molecule has 0 aliphatic carbocycles. The lowest BCUT2D eigenvalue weighted by atomic mass is 10.1. The molecule has 1 amide bonds. The Hall–Kier alpha value is -3.78. The molecule has 1 aliphatic rings. The van der Waals surface area contributed by atoms with Crippen molar-refractivity contribution in [2.75, 3.05) is 18.6 Å². The van der Waals surface area contributed by atoms with Crippen LogP contribution in [0.3, 0.4) is 0 Å². The van der Waals surface area contributed by atoms with Gasteiger partial charge in [-0.3, -0.25) is 15.6 Å². The molecular weight excluding hydrogens is 412 g/mol. The van der Waals surface area contributed by atoms with Gasteiger partial charge in [0.05, 0.1) is 23.2 Å². The van der Waals surface area contributed by atoms with E-state index in [0.29, 0.717) is 24.7 Å². The van der Waals surface area contributed by atoms with Gasteiger partial charge in [-0.05, 0) is 41.3 Å². The Morgan fingerprint density at radius 3 is 2.68 bits per heavy atom. The largest absolute Gasteiger partial charge is 0.486 e. The van der Waals surface area contributed by atoms with E-state index in [4.69, 9.17) is 14.6 Å². The maximum absolute atomic E-state index is 12.6.